The van der Waals surface area contributed by atoms with E-state index in [4.69, 9.17) is 9.52 Å². The summed E-state index contributed by atoms with van der Waals surface area (Å²) in [5.74, 6) is 0.569. The van der Waals surface area contributed by atoms with Gasteiger partial charge in [-0.1, -0.05) is 0 Å². The predicted molar refractivity (Wildman–Crippen MR) is 26.5 cm³/mol. The van der Waals surface area contributed by atoms with Crippen LogP contribution in [0, 0.1) is 4.78 Å². The second-order valence-electron chi connectivity index (χ2n) is 1.54. The molecule has 1 N–H and O–H groups in total. The zero-order chi connectivity index (χ0) is 5.33. The highest BCUT2D eigenvalue weighted by atomic mass is 32.2. The van der Waals surface area contributed by atoms with E-state index >= 15 is 0 Å². The first-order valence-corrected chi connectivity index (χ1v) is 3.92. The van der Waals surface area contributed by atoms with Gasteiger partial charge in [0.05, 0.1) is 22.1 Å². The summed E-state index contributed by atoms with van der Waals surface area (Å²) in [5, 5.41) is 0. The molecule has 1 aliphatic rings. The first-order chi connectivity index (χ1) is 3.21. The Labute approximate surface area is 42.6 Å². The van der Waals surface area contributed by atoms with E-state index in [9.17, 15) is 4.21 Å². The molecule has 0 aromatic rings. The Bertz CT molecular complexity index is 136. The molecule has 42 valence electrons. The van der Waals surface area contributed by atoms with Gasteiger partial charge in [0.2, 0.25) is 0 Å². The summed E-state index contributed by atoms with van der Waals surface area (Å²) in [6.07, 6.45) is 0. The SMILES string of the molecule is N=S1(=O)CCOC1. The maximum atomic E-state index is 10.5. The molecule has 0 aromatic heterocycles. The highest BCUT2D eigenvalue weighted by molar-refractivity contribution is 7.92. The van der Waals surface area contributed by atoms with Crippen molar-refractivity contribution in [1.82, 2.24) is 0 Å². The van der Waals surface area contributed by atoms with Crippen molar-refractivity contribution in [3.8, 4) is 0 Å². The van der Waals surface area contributed by atoms with Crippen LogP contribution in [0.1, 0.15) is 0 Å². The molecular weight excluding hydrogens is 114 g/mol. The Balaban J connectivity index is 2.76. The lowest BCUT2D eigenvalue weighted by atomic mass is 10.9. The van der Waals surface area contributed by atoms with Gasteiger partial charge in [-0.25, -0.2) is 4.21 Å². The molecule has 0 aliphatic carbocycles. The topological polar surface area (TPSA) is 50.2 Å². The second kappa shape index (κ2) is 1.45. The maximum absolute atomic E-state index is 10.5. The fourth-order valence-electron chi connectivity index (χ4n) is 0.446. The van der Waals surface area contributed by atoms with Gasteiger partial charge in [0.1, 0.15) is 5.94 Å². The molecule has 0 spiro atoms. The van der Waals surface area contributed by atoms with Crippen molar-refractivity contribution >= 4 is 9.73 Å². The fraction of sp³-hybridized carbons (Fsp3) is 1.00. The van der Waals surface area contributed by atoms with Gasteiger partial charge >= 0.3 is 0 Å². The Morgan fingerprint density at radius 1 is 1.71 bits per heavy atom. The zero-order valence-corrected chi connectivity index (χ0v) is 4.66. The van der Waals surface area contributed by atoms with E-state index in [-0.39, 0.29) is 5.94 Å². The molecule has 7 heavy (non-hydrogen) atoms. The minimum absolute atomic E-state index is 0.146. The Morgan fingerprint density at radius 2 is 2.43 bits per heavy atom. The van der Waals surface area contributed by atoms with Crippen molar-refractivity contribution in [3.63, 3.8) is 0 Å². The molecule has 3 nitrogen and oxygen atoms in total. The van der Waals surface area contributed by atoms with E-state index in [2.05, 4.69) is 0 Å². The number of hydrogen-bond acceptors (Lipinski definition) is 3. The highest BCUT2D eigenvalue weighted by Gasteiger charge is 2.12. The van der Waals surface area contributed by atoms with Gasteiger partial charge in [-0.15, -0.1) is 0 Å². The van der Waals surface area contributed by atoms with Crippen LogP contribution in [0.5, 0.6) is 0 Å². The van der Waals surface area contributed by atoms with E-state index < -0.39 is 9.73 Å². The van der Waals surface area contributed by atoms with Crippen molar-refractivity contribution in [2.75, 3.05) is 18.3 Å². The molecular formula is C3H7NO2S. The number of ether oxygens (including phenoxy) is 1. The summed E-state index contributed by atoms with van der Waals surface area (Å²) in [5.41, 5.74) is 0. The minimum Gasteiger partial charge on any atom is -0.366 e. The number of nitrogens with one attached hydrogen (secondary N) is 1. The molecule has 1 fully saturated rings. The third kappa shape index (κ3) is 1.14. The highest BCUT2D eigenvalue weighted by Crippen LogP contribution is 2.00. The van der Waals surface area contributed by atoms with Gasteiger partial charge in [0.15, 0.2) is 0 Å². The average Bonchev–Trinajstić information content (AvgIpc) is 1.84. The van der Waals surface area contributed by atoms with Crippen molar-refractivity contribution in [2.24, 2.45) is 0 Å². The lowest BCUT2D eigenvalue weighted by Gasteiger charge is -1.85. The quantitative estimate of drug-likeness (QED) is 0.491. The van der Waals surface area contributed by atoms with E-state index in [1.165, 1.54) is 0 Å². The van der Waals surface area contributed by atoms with E-state index in [0.29, 0.717) is 12.4 Å². The normalized spacial score (nSPS) is 41.7. The maximum Gasteiger partial charge on any atom is 0.130 e. The van der Waals surface area contributed by atoms with Crippen LogP contribution in [0.15, 0.2) is 0 Å². The van der Waals surface area contributed by atoms with Gasteiger partial charge in [-0.05, 0) is 0 Å². The van der Waals surface area contributed by atoms with Crippen molar-refractivity contribution in [2.45, 2.75) is 0 Å². The monoisotopic (exact) mass is 121 g/mol. The predicted octanol–water partition coefficient (Wildman–Crippen LogP) is 0.0209. The Hall–Kier alpha value is -0.0900. The van der Waals surface area contributed by atoms with Crippen LogP contribution >= 0.6 is 0 Å². The Morgan fingerprint density at radius 3 is 2.57 bits per heavy atom. The van der Waals surface area contributed by atoms with Crippen LogP contribution in [0.25, 0.3) is 0 Å². The van der Waals surface area contributed by atoms with Gasteiger partial charge in [-0.3, -0.25) is 4.78 Å². The molecule has 1 atom stereocenters. The molecule has 4 heteroatoms. The molecule has 0 saturated carbocycles. The van der Waals surface area contributed by atoms with Crippen molar-refractivity contribution < 1.29 is 8.95 Å². The minimum atomic E-state index is -2.27. The van der Waals surface area contributed by atoms with Crippen LogP contribution < -0.4 is 0 Å². The van der Waals surface area contributed by atoms with E-state index in [1.54, 1.807) is 0 Å². The largest absolute Gasteiger partial charge is 0.366 e. The molecule has 0 amide bonds. The molecule has 0 aromatic carbocycles. The van der Waals surface area contributed by atoms with E-state index in [1.807, 2.05) is 0 Å². The van der Waals surface area contributed by atoms with Crippen LogP contribution in [0.4, 0.5) is 0 Å². The van der Waals surface area contributed by atoms with Gasteiger partial charge in [0.25, 0.3) is 0 Å². The van der Waals surface area contributed by atoms with Crippen LogP contribution in [0.2, 0.25) is 0 Å². The van der Waals surface area contributed by atoms with E-state index in [0.717, 1.165) is 0 Å². The standard InChI is InChI=1S/C3H7NO2S/c4-7(5)2-1-6-3-7/h4H,1-3H2. The number of rotatable bonds is 0. The molecule has 0 bridgehead atoms. The average molecular weight is 121 g/mol. The third-order valence-corrected chi connectivity index (χ3v) is 2.20. The molecule has 1 heterocycles. The first kappa shape index (κ1) is 5.05. The van der Waals surface area contributed by atoms with Gasteiger partial charge < -0.3 is 4.74 Å². The summed E-state index contributed by atoms with van der Waals surface area (Å²) in [7, 11) is -2.27. The lowest BCUT2D eigenvalue weighted by molar-refractivity contribution is 0.216. The van der Waals surface area contributed by atoms with Crippen molar-refractivity contribution in [3.05, 3.63) is 0 Å². The summed E-state index contributed by atoms with van der Waals surface area (Å²) < 4.78 is 22.1. The molecule has 0 radical (unpaired) electrons. The van der Waals surface area contributed by atoms with Gasteiger partial charge in [0, 0.05) is 0 Å². The third-order valence-electron chi connectivity index (χ3n) is 0.831. The molecule has 1 rings (SSSR count). The van der Waals surface area contributed by atoms with Crippen LogP contribution in [-0.4, -0.2) is 22.5 Å². The zero-order valence-electron chi connectivity index (χ0n) is 3.85. The summed E-state index contributed by atoms with van der Waals surface area (Å²) in [4.78, 5) is 0. The van der Waals surface area contributed by atoms with Gasteiger partial charge in [-0.2, -0.15) is 0 Å². The summed E-state index contributed by atoms with van der Waals surface area (Å²) >= 11 is 0. The van der Waals surface area contributed by atoms with Crippen LogP contribution in [-0.2, 0) is 14.5 Å². The number of hydrogen-bond donors (Lipinski definition) is 1. The fourth-order valence-corrected chi connectivity index (χ4v) is 1.34. The molecule has 1 unspecified atom stereocenters. The lowest BCUT2D eigenvalue weighted by Crippen LogP contribution is -1.97. The smallest absolute Gasteiger partial charge is 0.130 e. The van der Waals surface area contributed by atoms with Crippen molar-refractivity contribution in [1.29, 1.82) is 4.78 Å². The molecule has 1 saturated heterocycles. The summed E-state index contributed by atoms with van der Waals surface area (Å²) in [6, 6.07) is 0. The Kier molecular flexibility index (Phi) is 1.05. The second-order valence-corrected chi connectivity index (χ2v) is 3.81. The van der Waals surface area contributed by atoms with Crippen LogP contribution in [0.3, 0.4) is 0 Å². The first-order valence-electron chi connectivity index (χ1n) is 2.03. The molecule has 1 aliphatic heterocycles. The summed E-state index contributed by atoms with van der Waals surface area (Å²) in [6.45, 7) is 0.502.